The molecule has 6 nitrogen and oxygen atoms in total. The molecule has 92 valence electrons. The molecule has 0 spiro atoms. The van der Waals surface area contributed by atoms with E-state index in [1.807, 2.05) is 0 Å². The first-order valence-electron chi connectivity index (χ1n) is 5.57. The van der Waals surface area contributed by atoms with Crippen LogP contribution in [0.4, 0.5) is 5.82 Å². The van der Waals surface area contributed by atoms with Crippen LogP contribution in [0.5, 0.6) is 0 Å². The summed E-state index contributed by atoms with van der Waals surface area (Å²) in [7, 11) is 0. The van der Waals surface area contributed by atoms with Gasteiger partial charge in [-0.1, -0.05) is 0 Å². The van der Waals surface area contributed by atoms with E-state index in [4.69, 9.17) is 5.73 Å². The molecule has 0 radical (unpaired) electrons. The molecule has 1 saturated heterocycles. The molecule has 2 heterocycles. The molecule has 0 aromatic carbocycles. The second-order valence-electron chi connectivity index (χ2n) is 4.65. The third-order valence-corrected chi connectivity index (χ3v) is 2.85. The number of nitrogens with zero attached hydrogens (tertiary/aromatic N) is 3. The number of nitrogens with two attached hydrogens (primary N) is 1. The zero-order valence-electron chi connectivity index (χ0n) is 9.76. The van der Waals surface area contributed by atoms with Crippen LogP contribution < -0.4 is 5.73 Å². The zero-order chi connectivity index (χ0) is 12.5. The number of carbonyl (C=O) groups excluding carboxylic acids is 1. The highest BCUT2D eigenvalue weighted by Gasteiger charge is 2.31. The Hall–Kier alpha value is -1.69. The lowest BCUT2D eigenvalue weighted by Gasteiger charge is -2.36. The van der Waals surface area contributed by atoms with Crippen molar-refractivity contribution in [3.63, 3.8) is 0 Å². The van der Waals surface area contributed by atoms with Gasteiger partial charge in [0.25, 0.3) is 5.91 Å². The van der Waals surface area contributed by atoms with Crippen LogP contribution in [0.25, 0.3) is 0 Å². The van der Waals surface area contributed by atoms with Gasteiger partial charge in [0.15, 0.2) is 0 Å². The van der Waals surface area contributed by atoms with Gasteiger partial charge in [0.2, 0.25) is 0 Å². The van der Waals surface area contributed by atoms with E-state index in [1.165, 1.54) is 12.4 Å². The van der Waals surface area contributed by atoms with E-state index in [1.54, 1.807) is 11.8 Å². The topological polar surface area (TPSA) is 92.3 Å². The standard InChI is InChI=1S/C11H16N4O2/c1-11(17)3-2-4-15(7-11)10(16)8-5-14-9(12)6-13-8/h5-6,17H,2-4,7H2,1H3,(H2,12,14). The molecule has 2 rings (SSSR count). The van der Waals surface area contributed by atoms with Crippen LogP contribution in [-0.4, -0.2) is 44.6 Å². The highest BCUT2D eigenvalue weighted by atomic mass is 16.3. The minimum atomic E-state index is -0.810. The lowest BCUT2D eigenvalue weighted by molar-refractivity contribution is -0.0109. The van der Waals surface area contributed by atoms with Crippen LogP contribution in [-0.2, 0) is 0 Å². The van der Waals surface area contributed by atoms with Crippen LogP contribution in [0, 0.1) is 0 Å². The molecule has 1 aliphatic rings. The van der Waals surface area contributed by atoms with Crippen molar-refractivity contribution in [2.45, 2.75) is 25.4 Å². The molecule has 1 fully saturated rings. The van der Waals surface area contributed by atoms with Crippen LogP contribution >= 0.6 is 0 Å². The van der Waals surface area contributed by atoms with E-state index in [2.05, 4.69) is 9.97 Å². The van der Waals surface area contributed by atoms with Gasteiger partial charge in [0.05, 0.1) is 18.0 Å². The van der Waals surface area contributed by atoms with Crippen LogP contribution in [0.2, 0.25) is 0 Å². The molecule has 6 heteroatoms. The second kappa shape index (κ2) is 4.29. The number of aliphatic hydroxyl groups is 1. The van der Waals surface area contributed by atoms with E-state index in [0.29, 0.717) is 19.5 Å². The number of piperidine rings is 1. The van der Waals surface area contributed by atoms with Gasteiger partial charge in [-0.25, -0.2) is 9.97 Å². The monoisotopic (exact) mass is 236 g/mol. The van der Waals surface area contributed by atoms with Gasteiger partial charge in [-0.3, -0.25) is 4.79 Å². The first-order chi connectivity index (χ1) is 7.98. The van der Waals surface area contributed by atoms with Crippen molar-refractivity contribution in [3.8, 4) is 0 Å². The molecule has 1 unspecified atom stereocenters. The van der Waals surface area contributed by atoms with Gasteiger partial charge in [-0.05, 0) is 19.8 Å². The number of hydrogen-bond acceptors (Lipinski definition) is 5. The van der Waals surface area contributed by atoms with Crippen LogP contribution in [0.3, 0.4) is 0 Å². The second-order valence-corrected chi connectivity index (χ2v) is 4.65. The van der Waals surface area contributed by atoms with Gasteiger partial charge >= 0.3 is 0 Å². The number of likely N-dealkylation sites (tertiary alicyclic amines) is 1. The van der Waals surface area contributed by atoms with Gasteiger partial charge < -0.3 is 15.7 Å². The lowest BCUT2D eigenvalue weighted by atomic mass is 9.95. The first-order valence-corrected chi connectivity index (χ1v) is 5.57. The highest BCUT2D eigenvalue weighted by Crippen LogP contribution is 2.21. The van der Waals surface area contributed by atoms with E-state index in [-0.39, 0.29) is 17.4 Å². The summed E-state index contributed by atoms with van der Waals surface area (Å²) in [6.45, 7) is 2.71. The predicted octanol–water partition coefficient (Wildman–Crippen LogP) is 0.0458. The van der Waals surface area contributed by atoms with Crippen molar-refractivity contribution in [1.29, 1.82) is 0 Å². The first kappa shape index (κ1) is 11.8. The number of amides is 1. The molecule has 0 saturated carbocycles. The minimum absolute atomic E-state index is 0.211. The minimum Gasteiger partial charge on any atom is -0.388 e. The Morgan fingerprint density at radius 3 is 2.88 bits per heavy atom. The lowest BCUT2D eigenvalue weighted by Crippen LogP contribution is -2.48. The number of carbonyl (C=O) groups is 1. The smallest absolute Gasteiger partial charge is 0.274 e. The third kappa shape index (κ3) is 2.71. The molecule has 1 aliphatic heterocycles. The number of rotatable bonds is 1. The van der Waals surface area contributed by atoms with Crippen LogP contribution in [0.1, 0.15) is 30.3 Å². The van der Waals surface area contributed by atoms with Crippen molar-refractivity contribution >= 4 is 11.7 Å². The Bertz CT molecular complexity index is 416. The zero-order valence-corrected chi connectivity index (χ0v) is 9.76. The van der Waals surface area contributed by atoms with Gasteiger partial charge in [-0.15, -0.1) is 0 Å². The third-order valence-electron chi connectivity index (χ3n) is 2.85. The van der Waals surface area contributed by atoms with Gasteiger partial charge in [0, 0.05) is 13.1 Å². The predicted molar refractivity (Wildman–Crippen MR) is 62.2 cm³/mol. The summed E-state index contributed by atoms with van der Waals surface area (Å²) >= 11 is 0. The summed E-state index contributed by atoms with van der Waals surface area (Å²) in [5.41, 5.74) is 4.86. The summed E-state index contributed by atoms with van der Waals surface area (Å²) in [5.74, 6) is 0.0738. The maximum absolute atomic E-state index is 12.1. The molecule has 3 N–H and O–H groups in total. The van der Waals surface area contributed by atoms with E-state index >= 15 is 0 Å². The Morgan fingerprint density at radius 2 is 2.29 bits per heavy atom. The molecule has 1 aromatic heterocycles. The number of nitrogen functional groups attached to an aromatic ring is 1. The molecular formula is C11H16N4O2. The molecule has 17 heavy (non-hydrogen) atoms. The summed E-state index contributed by atoms with van der Waals surface area (Å²) in [4.78, 5) is 21.4. The summed E-state index contributed by atoms with van der Waals surface area (Å²) in [6.07, 6.45) is 4.22. The average Bonchev–Trinajstić information content (AvgIpc) is 2.28. The van der Waals surface area contributed by atoms with E-state index in [9.17, 15) is 9.90 Å². The fourth-order valence-corrected chi connectivity index (χ4v) is 2.00. The quantitative estimate of drug-likeness (QED) is 0.718. The number of aromatic nitrogens is 2. The average molecular weight is 236 g/mol. The van der Waals surface area contributed by atoms with Gasteiger partial charge in [0.1, 0.15) is 11.5 Å². The van der Waals surface area contributed by atoms with Crippen LogP contribution in [0.15, 0.2) is 12.4 Å². The Morgan fingerprint density at radius 1 is 1.53 bits per heavy atom. The highest BCUT2D eigenvalue weighted by molar-refractivity contribution is 5.92. The van der Waals surface area contributed by atoms with E-state index in [0.717, 1.165) is 6.42 Å². The largest absolute Gasteiger partial charge is 0.388 e. The maximum Gasteiger partial charge on any atom is 0.274 e. The number of hydrogen-bond donors (Lipinski definition) is 2. The van der Waals surface area contributed by atoms with Crippen molar-refractivity contribution in [3.05, 3.63) is 18.1 Å². The SMILES string of the molecule is CC1(O)CCCN(C(=O)c2cnc(N)cn2)C1. The number of anilines is 1. The van der Waals surface area contributed by atoms with E-state index < -0.39 is 5.60 Å². The fraction of sp³-hybridized carbons (Fsp3) is 0.545. The molecule has 1 atom stereocenters. The van der Waals surface area contributed by atoms with Crippen molar-refractivity contribution in [2.24, 2.45) is 0 Å². The van der Waals surface area contributed by atoms with Crippen molar-refractivity contribution in [1.82, 2.24) is 14.9 Å². The normalized spacial score (nSPS) is 24.7. The van der Waals surface area contributed by atoms with Gasteiger partial charge in [-0.2, -0.15) is 0 Å². The molecule has 1 amide bonds. The summed E-state index contributed by atoms with van der Waals surface area (Å²) < 4.78 is 0. The summed E-state index contributed by atoms with van der Waals surface area (Å²) in [6, 6.07) is 0. The van der Waals surface area contributed by atoms with Crippen molar-refractivity contribution < 1.29 is 9.90 Å². The Kier molecular flexibility index (Phi) is 2.97. The molecule has 1 aromatic rings. The Labute approximate surface area is 99.5 Å². The maximum atomic E-state index is 12.1. The van der Waals surface area contributed by atoms with Crippen molar-refractivity contribution in [2.75, 3.05) is 18.8 Å². The molecule has 0 bridgehead atoms. The summed E-state index contributed by atoms with van der Waals surface area (Å²) in [5, 5.41) is 9.93. The molecular weight excluding hydrogens is 220 g/mol. The molecule has 0 aliphatic carbocycles. The number of β-amino-alcohol motifs (C(OH)–C–C–N with tert-alkyl or cyclic N) is 1. The Balaban J connectivity index is 2.12. The fourth-order valence-electron chi connectivity index (χ4n) is 2.00.